The second-order valence-electron chi connectivity index (χ2n) is 4.03. The molecule has 0 bridgehead atoms. The second-order valence-corrected chi connectivity index (χ2v) is 4.03. The summed E-state index contributed by atoms with van der Waals surface area (Å²) < 4.78 is 9.16. The first-order chi connectivity index (χ1) is 8.71. The lowest BCUT2D eigenvalue weighted by molar-refractivity contribution is -0.150. The lowest BCUT2D eigenvalue weighted by Crippen LogP contribution is -2.44. The zero-order valence-corrected chi connectivity index (χ0v) is 11.6. The molecule has 0 saturated carbocycles. The quantitative estimate of drug-likeness (QED) is 0.325. The van der Waals surface area contributed by atoms with Crippen molar-refractivity contribution in [3.63, 3.8) is 0 Å². The van der Waals surface area contributed by atoms with Gasteiger partial charge in [-0.05, 0) is 26.0 Å². The highest BCUT2D eigenvalue weighted by Gasteiger charge is 2.32. The van der Waals surface area contributed by atoms with Gasteiger partial charge in [-0.2, -0.15) is 0 Å². The molecule has 0 fully saturated rings. The Morgan fingerprint density at radius 2 is 2.00 bits per heavy atom. The maximum absolute atomic E-state index is 10.9. The summed E-state index contributed by atoms with van der Waals surface area (Å²) >= 11 is 0. The topological polar surface area (TPSA) is 110 Å². The van der Waals surface area contributed by atoms with E-state index in [1.165, 1.54) is 27.8 Å². The summed E-state index contributed by atoms with van der Waals surface area (Å²) in [5, 5.41) is 16.9. The minimum atomic E-state index is -1.24. The van der Waals surface area contributed by atoms with E-state index in [9.17, 15) is 9.59 Å². The Kier molecular flexibility index (Phi) is 6.59. The van der Waals surface area contributed by atoms with Crippen molar-refractivity contribution in [2.75, 3.05) is 13.7 Å². The number of hydrogen-bond donors (Lipinski definition) is 1. The first-order valence-corrected chi connectivity index (χ1v) is 5.59. The van der Waals surface area contributed by atoms with Gasteiger partial charge in [-0.1, -0.05) is 0 Å². The summed E-state index contributed by atoms with van der Waals surface area (Å²) in [4.78, 5) is 26.5. The fraction of sp³-hybridized carbons (Fsp3) is 0.800. The Hall–Kier alpha value is -2.06. The third kappa shape index (κ3) is 5.89. The van der Waals surface area contributed by atoms with Crippen LogP contribution < -0.4 is 0 Å². The monoisotopic (exact) mass is 277 g/mol. The fourth-order valence-electron chi connectivity index (χ4n) is 0.701. The molecular weight excluding hydrogens is 258 g/mol. The smallest absolute Gasteiger partial charge is 0.479 e. The molecule has 0 amide bonds. The molecule has 1 N–H and O–H groups in total. The highest BCUT2D eigenvalue weighted by atomic mass is 16.8. The van der Waals surface area contributed by atoms with Crippen LogP contribution in [0.3, 0.4) is 0 Å². The van der Waals surface area contributed by atoms with E-state index in [-0.39, 0.29) is 6.61 Å². The van der Waals surface area contributed by atoms with Gasteiger partial charge in [0.15, 0.2) is 5.54 Å². The van der Waals surface area contributed by atoms with Crippen molar-refractivity contribution >= 4 is 12.1 Å². The molecule has 0 spiro atoms. The number of ether oxygens (including phenoxy) is 2. The number of carbonyl (C=O) groups excluding carboxylic acids is 1. The summed E-state index contributed by atoms with van der Waals surface area (Å²) in [5.41, 5.74) is -1.24. The van der Waals surface area contributed by atoms with Crippen LogP contribution in [0.25, 0.3) is 0 Å². The van der Waals surface area contributed by atoms with Gasteiger partial charge in [-0.15, -0.1) is 0 Å². The number of nitrogens with zero attached hydrogens (tertiary/aromatic N) is 3. The highest BCUT2D eigenvalue weighted by Crippen LogP contribution is 2.13. The van der Waals surface area contributed by atoms with E-state index in [0.29, 0.717) is 0 Å². The molecule has 0 aliphatic rings. The molecule has 0 aliphatic heterocycles. The number of carboxylic acids is 1. The molecule has 0 radical (unpaired) electrons. The lowest BCUT2D eigenvalue weighted by atomic mass is 10.1. The Balaban J connectivity index is 4.22. The number of aliphatic carboxylic acids is 1. The van der Waals surface area contributed by atoms with Crippen LogP contribution in [0.5, 0.6) is 0 Å². The molecule has 0 heterocycles. The molecule has 1 atom stereocenters. The van der Waals surface area contributed by atoms with E-state index in [0.717, 1.165) is 5.01 Å². The van der Waals surface area contributed by atoms with Crippen molar-refractivity contribution in [1.29, 1.82) is 0 Å². The van der Waals surface area contributed by atoms with Crippen molar-refractivity contribution in [3.05, 3.63) is 0 Å². The van der Waals surface area contributed by atoms with Crippen molar-refractivity contribution in [2.45, 2.75) is 39.5 Å². The van der Waals surface area contributed by atoms with Crippen LogP contribution in [0.2, 0.25) is 0 Å². The Labute approximate surface area is 111 Å². The third-order valence-corrected chi connectivity index (χ3v) is 2.22. The van der Waals surface area contributed by atoms with Gasteiger partial charge in [0.25, 0.3) is 6.29 Å². The number of likely N-dealkylation sites (N-methyl/N-ethyl adjacent to an activating group) is 1. The number of hydrogen-bond acceptors (Lipinski definition) is 7. The Bertz CT molecular complexity index is 344. The molecular formula is C10H19N3O6. The predicted octanol–water partition coefficient (Wildman–Crippen LogP) is 1.60. The largest absolute Gasteiger partial charge is 0.511 e. The molecule has 0 saturated heterocycles. The average molecular weight is 277 g/mol. The molecule has 0 aromatic rings. The summed E-state index contributed by atoms with van der Waals surface area (Å²) in [6, 6.07) is 0. The van der Waals surface area contributed by atoms with E-state index in [2.05, 4.69) is 20.0 Å². The Morgan fingerprint density at radius 1 is 1.42 bits per heavy atom. The van der Waals surface area contributed by atoms with Crippen LogP contribution in [-0.4, -0.2) is 47.7 Å². The third-order valence-electron chi connectivity index (χ3n) is 2.22. The van der Waals surface area contributed by atoms with Crippen molar-refractivity contribution < 1.29 is 29.0 Å². The minimum absolute atomic E-state index is 0.183. The van der Waals surface area contributed by atoms with Gasteiger partial charge < -0.3 is 19.4 Å². The normalized spacial score (nSPS) is 12.9. The Morgan fingerprint density at radius 3 is 2.47 bits per heavy atom. The van der Waals surface area contributed by atoms with Crippen LogP contribution in [0.1, 0.15) is 27.7 Å². The maximum Gasteiger partial charge on any atom is 0.511 e. The fourth-order valence-corrected chi connectivity index (χ4v) is 0.701. The van der Waals surface area contributed by atoms with E-state index in [1.54, 1.807) is 6.92 Å². The molecule has 9 nitrogen and oxygen atoms in total. The van der Waals surface area contributed by atoms with Crippen LogP contribution in [0.4, 0.5) is 4.79 Å². The second kappa shape index (κ2) is 7.39. The molecule has 19 heavy (non-hydrogen) atoms. The van der Waals surface area contributed by atoms with Crippen molar-refractivity contribution in [1.82, 2.24) is 5.01 Å². The van der Waals surface area contributed by atoms with E-state index >= 15 is 0 Å². The van der Waals surface area contributed by atoms with Gasteiger partial charge in [-0.25, -0.2) is 9.59 Å². The molecule has 110 valence electrons. The van der Waals surface area contributed by atoms with Crippen LogP contribution >= 0.6 is 0 Å². The number of carbonyl (C=O) groups is 2. The van der Waals surface area contributed by atoms with Crippen molar-refractivity contribution in [3.8, 4) is 0 Å². The van der Waals surface area contributed by atoms with Gasteiger partial charge in [-0.3, -0.25) is 5.01 Å². The molecule has 0 aromatic carbocycles. The van der Waals surface area contributed by atoms with Gasteiger partial charge in [0.2, 0.25) is 0 Å². The summed E-state index contributed by atoms with van der Waals surface area (Å²) in [6.07, 6.45) is -1.88. The molecule has 1 unspecified atom stereocenters. The summed E-state index contributed by atoms with van der Waals surface area (Å²) in [7, 11) is 1.43. The van der Waals surface area contributed by atoms with Gasteiger partial charge >= 0.3 is 12.1 Å². The van der Waals surface area contributed by atoms with Crippen LogP contribution in [0.15, 0.2) is 10.5 Å². The van der Waals surface area contributed by atoms with E-state index < -0.39 is 24.0 Å². The van der Waals surface area contributed by atoms with Crippen LogP contribution in [0, 0.1) is 0 Å². The summed E-state index contributed by atoms with van der Waals surface area (Å²) in [6.45, 7) is 6.14. The first-order valence-electron chi connectivity index (χ1n) is 5.59. The first kappa shape index (κ1) is 16.9. The molecule has 0 rings (SSSR count). The lowest BCUT2D eigenvalue weighted by Gasteiger charge is -2.26. The average Bonchev–Trinajstić information content (AvgIpc) is 2.28. The zero-order valence-electron chi connectivity index (χ0n) is 11.6. The number of rotatable bonds is 7. The standard InChI is InChI=1S/C10H19N3O6/c1-6-17-9(16)18-7(2)19-12-11-13(5)10(3,4)8(14)15/h7H,6H2,1-5H3,(H,14,15)/b12-11-. The SMILES string of the molecule is CCOC(=O)OC(C)O/N=N\N(C)C(C)(C)C(=O)O. The van der Waals surface area contributed by atoms with E-state index in [1.807, 2.05) is 0 Å². The molecule has 0 aliphatic carbocycles. The van der Waals surface area contributed by atoms with Gasteiger partial charge in [0.05, 0.1) is 6.61 Å². The van der Waals surface area contributed by atoms with Crippen molar-refractivity contribution in [2.24, 2.45) is 10.5 Å². The maximum atomic E-state index is 10.9. The van der Waals surface area contributed by atoms with Crippen LogP contribution in [-0.2, 0) is 19.1 Å². The molecule has 0 aromatic heterocycles. The molecule has 9 heteroatoms. The minimum Gasteiger partial charge on any atom is -0.479 e. The summed E-state index contributed by atoms with van der Waals surface area (Å²) in [5.74, 6) is -1.07. The zero-order chi connectivity index (χ0) is 15.1. The van der Waals surface area contributed by atoms with E-state index in [4.69, 9.17) is 9.94 Å². The highest BCUT2D eigenvalue weighted by molar-refractivity contribution is 5.77. The van der Waals surface area contributed by atoms with Gasteiger partial charge in [0.1, 0.15) is 0 Å². The van der Waals surface area contributed by atoms with Gasteiger partial charge in [0, 0.05) is 19.2 Å². The predicted molar refractivity (Wildman–Crippen MR) is 63.0 cm³/mol. The number of carboxylic acid groups (broad SMARTS) is 1.